The first-order chi connectivity index (χ1) is 18.5. The van der Waals surface area contributed by atoms with Crippen LogP contribution in [0, 0.1) is 33.6 Å². The van der Waals surface area contributed by atoms with Gasteiger partial charge < -0.3 is 5.32 Å². The number of aryl methyl sites for hydroxylation is 4. The van der Waals surface area contributed by atoms with Crippen molar-refractivity contribution in [3.05, 3.63) is 95.1 Å². The van der Waals surface area contributed by atoms with E-state index in [-0.39, 0.29) is 23.9 Å². The fraction of sp³-hybridized carbons (Fsp3) is 0.290. The maximum atomic E-state index is 13.8. The van der Waals surface area contributed by atoms with Crippen molar-refractivity contribution >= 4 is 21.7 Å². The Morgan fingerprint density at radius 2 is 1.51 bits per heavy atom. The highest BCUT2D eigenvalue weighted by molar-refractivity contribution is 7.89. The van der Waals surface area contributed by atoms with Crippen LogP contribution >= 0.6 is 0 Å². The molecule has 0 saturated carbocycles. The van der Waals surface area contributed by atoms with E-state index in [1.165, 1.54) is 4.31 Å². The summed E-state index contributed by atoms with van der Waals surface area (Å²) in [4.78, 5) is 13.7. The molecule has 0 unspecified atom stereocenters. The number of hydrogen-bond donors (Lipinski definition) is 1. The van der Waals surface area contributed by atoms with E-state index in [1.807, 2.05) is 100 Å². The van der Waals surface area contributed by atoms with E-state index in [0.717, 1.165) is 22.4 Å². The third kappa shape index (κ3) is 6.46. The lowest BCUT2D eigenvalue weighted by Gasteiger charge is -2.25. The Morgan fingerprint density at radius 3 is 2.10 bits per heavy atom. The molecule has 1 heterocycles. The first kappa shape index (κ1) is 28.3. The van der Waals surface area contributed by atoms with Crippen LogP contribution in [-0.4, -0.2) is 41.5 Å². The Hall–Kier alpha value is -3.75. The van der Waals surface area contributed by atoms with Gasteiger partial charge in [-0.15, -0.1) is 0 Å². The van der Waals surface area contributed by atoms with Gasteiger partial charge in [0, 0.05) is 18.2 Å². The molecule has 0 fully saturated rings. The Bertz CT molecular complexity index is 1550. The van der Waals surface area contributed by atoms with E-state index in [4.69, 9.17) is 5.10 Å². The van der Waals surface area contributed by atoms with Gasteiger partial charge in [0.2, 0.25) is 15.9 Å². The van der Waals surface area contributed by atoms with Crippen molar-refractivity contribution in [1.29, 1.82) is 0 Å². The molecule has 39 heavy (non-hydrogen) atoms. The molecule has 4 aromatic rings. The number of aromatic nitrogens is 2. The first-order valence-corrected chi connectivity index (χ1v) is 14.5. The number of carbonyl (C=O) groups excluding carboxylic acids is 1. The summed E-state index contributed by atoms with van der Waals surface area (Å²) in [5.41, 5.74) is 5.85. The minimum absolute atomic E-state index is 0.0291. The molecule has 0 saturated heterocycles. The Balaban J connectivity index is 1.68. The summed E-state index contributed by atoms with van der Waals surface area (Å²) < 4.78 is 30.6. The molecule has 3 aromatic carbocycles. The van der Waals surface area contributed by atoms with Crippen LogP contribution in [0.25, 0.3) is 16.9 Å². The molecule has 0 aliphatic rings. The van der Waals surface area contributed by atoms with Gasteiger partial charge in [0.25, 0.3) is 0 Å². The van der Waals surface area contributed by atoms with E-state index in [9.17, 15) is 13.2 Å². The molecule has 4 rings (SSSR count). The average Bonchev–Trinajstić information content (AvgIpc) is 3.27. The van der Waals surface area contributed by atoms with Crippen molar-refractivity contribution in [2.75, 3.05) is 18.4 Å². The van der Waals surface area contributed by atoms with Crippen LogP contribution in [0.4, 0.5) is 5.82 Å². The van der Waals surface area contributed by atoms with Crippen LogP contribution in [0.1, 0.15) is 36.1 Å². The Kier molecular flexibility index (Phi) is 8.37. The lowest BCUT2D eigenvalue weighted by molar-refractivity contribution is -0.116. The van der Waals surface area contributed by atoms with Gasteiger partial charge in [-0.2, -0.15) is 9.40 Å². The van der Waals surface area contributed by atoms with Crippen molar-refractivity contribution in [2.45, 2.75) is 46.4 Å². The summed E-state index contributed by atoms with van der Waals surface area (Å²) >= 11 is 0. The molecule has 8 heteroatoms. The lowest BCUT2D eigenvalue weighted by atomic mass is 10.1. The predicted molar refractivity (Wildman–Crippen MR) is 157 cm³/mol. The number of nitrogens with one attached hydrogen (secondary N) is 1. The number of hydrogen-bond acceptors (Lipinski definition) is 4. The summed E-state index contributed by atoms with van der Waals surface area (Å²) in [5.74, 6) is 0.0585. The zero-order valence-electron chi connectivity index (χ0n) is 23.4. The standard InChI is InChI=1S/C31H36N4O3S/c1-21(2)19-34(39(37,38)31-24(5)16-23(4)17-25(31)6)20-30(36)32-29-18-28(26-10-8-7-9-11-26)33-35(29)27-14-12-22(3)13-15-27/h7-18,21H,19-20H2,1-6H3,(H,32,36). The van der Waals surface area contributed by atoms with Crippen LogP contribution in [0.15, 0.2) is 77.7 Å². The predicted octanol–water partition coefficient (Wildman–Crippen LogP) is 6.06. The van der Waals surface area contributed by atoms with Crippen LogP contribution in [-0.2, 0) is 14.8 Å². The summed E-state index contributed by atoms with van der Waals surface area (Å²) in [6, 6.07) is 23.1. The molecule has 1 aromatic heterocycles. The zero-order chi connectivity index (χ0) is 28.3. The number of sulfonamides is 1. The number of anilines is 1. The van der Waals surface area contributed by atoms with Gasteiger partial charge in [-0.3, -0.25) is 4.79 Å². The normalized spacial score (nSPS) is 11.8. The molecular weight excluding hydrogens is 508 g/mol. The number of carbonyl (C=O) groups is 1. The molecule has 0 aliphatic carbocycles. The van der Waals surface area contributed by atoms with E-state index in [2.05, 4.69) is 5.32 Å². The number of amides is 1. The van der Waals surface area contributed by atoms with Crippen LogP contribution in [0.5, 0.6) is 0 Å². The van der Waals surface area contributed by atoms with Gasteiger partial charge >= 0.3 is 0 Å². The smallest absolute Gasteiger partial charge is 0.244 e. The van der Waals surface area contributed by atoms with Gasteiger partial charge in [-0.1, -0.05) is 79.6 Å². The van der Waals surface area contributed by atoms with Crippen LogP contribution in [0.3, 0.4) is 0 Å². The minimum Gasteiger partial charge on any atom is -0.309 e. The summed E-state index contributed by atoms with van der Waals surface area (Å²) in [6.07, 6.45) is 0. The lowest BCUT2D eigenvalue weighted by Crippen LogP contribution is -2.40. The molecule has 1 amide bonds. The third-order valence-corrected chi connectivity index (χ3v) is 8.53. The van der Waals surface area contributed by atoms with Crippen molar-refractivity contribution in [3.8, 4) is 16.9 Å². The van der Waals surface area contributed by atoms with Gasteiger partial charge in [0.15, 0.2) is 0 Å². The van der Waals surface area contributed by atoms with Crippen molar-refractivity contribution in [1.82, 2.24) is 14.1 Å². The molecule has 0 atom stereocenters. The second kappa shape index (κ2) is 11.6. The summed E-state index contributed by atoms with van der Waals surface area (Å²) in [5, 5.41) is 7.69. The van der Waals surface area contributed by atoms with Crippen LogP contribution in [0.2, 0.25) is 0 Å². The van der Waals surface area contributed by atoms with Gasteiger partial charge in [-0.25, -0.2) is 13.1 Å². The molecule has 7 nitrogen and oxygen atoms in total. The zero-order valence-corrected chi connectivity index (χ0v) is 24.2. The molecule has 0 spiro atoms. The van der Waals surface area contributed by atoms with Crippen molar-refractivity contribution in [2.24, 2.45) is 5.92 Å². The fourth-order valence-corrected chi connectivity index (χ4v) is 6.77. The Labute approximate surface area is 231 Å². The van der Waals surface area contributed by atoms with Gasteiger partial charge in [-0.05, 0) is 56.9 Å². The number of rotatable bonds is 9. The largest absolute Gasteiger partial charge is 0.309 e. The monoisotopic (exact) mass is 544 g/mol. The molecule has 0 aliphatic heterocycles. The van der Waals surface area contributed by atoms with E-state index < -0.39 is 15.9 Å². The maximum Gasteiger partial charge on any atom is 0.244 e. The van der Waals surface area contributed by atoms with E-state index in [1.54, 1.807) is 18.5 Å². The molecular formula is C31H36N4O3S. The number of nitrogens with zero attached hydrogens (tertiary/aromatic N) is 3. The fourth-order valence-electron chi connectivity index (χ4n) is 4.80. The Morgan fingerprint density at radius 1 is 0.897 bits per heavy atom. The van der Waals surface area contributed by atoms with E-state index in [0.29, 0.717) is 22.6 Å². The topological polar surface area (TPSA) is 84.3 Å². The van der Waals surface area contributed by atoms with Crippen molar-refractivity contribution in [3.63, 3.8) is 0 Å². The minimum atomic E-state index is -3.92. The van der Waals surface area contributed by atoms with Crippen molar-refractivity contribution < 1.29 is 13.2 Å². The summed E-state index contributed by atoms with van der Waals surface area (Å²) in [6.45, 7) is 11.3. The highest BCUT2D eigenvalue weighted by atomic mass is 32.2. The maximum absolute atomic E-state index is 13.8. The molecule has 0 radical (unpaired) electrons. The van der Waals surface area contributed by atoms with Gasteiger partial charge in [0.05, 0.1) is 22.8 Å². The number of benzene rings is 3. The second-order valence-electron chi connectivity index (χ2n) is 10.5. The highest BCUT2D eigenvalue weighted by Crippen LogP contribution is 2.27. The molecule has 1 N–H and O–H groups in total. The average molecular weight is 545 g/mol. The molecule has 0 bridgehead atoms. The van der Waals surface area contributed by atoms with Gasteiger partial charge in [0.1, 0.15) is 5.82 Å². The summed E-state index contributed by atoms with van der Waals surface area (Å²) in [7, 11) is -3.92. The first-order valence-electron chi connectivity index (χ1n) is 13.1. The molecule has 204 valence electrons. The third-order valence-electron chi connectivity index (χ3n) is 6.42. The van der Waals surface area contributed by atoms with Crippen LogP contribution < -0.4 is 5.32 Å². The highest BCUT2D eigenvalue weighted by Gasteiger charge is 2.30. The van der Waals surface area contributed by atoms with E-state index >= 15 is 0 Å². The SMILES string of the molecule is Cc1ccc(-n2nc(-c3ccccc3)cc2NC(=O)CN(CC(C)C)S(=O)(=O)c2c(C)cc(C)cc2C)cc1. The quantitative estimate of drug-likeness (QED) is 0.278. The second-order valence-corrected chi connectivity index (χ2v) is 12.4.